The van der Waals surface area contributed by atoms with Gasteiger partial charge in [0.2, 0.25) is 0 Å². The molecule has 1 aliphatic carbocycles. The van der Waals surface area contributed by atoms with E-state index in [4.69, 9.17) is 0 Å². The monoisotopic (exact) mass is 217 g/mol. The lowest BCUT2D eigenvalue weighted by Crippen LogP contribution is -2.11. The van der Waals surface area contributed by atoms with E-state index < -0.39 is 0 Å². The number of hydrogen-bond acceptors (Lipinski definition) is 1. The average Bonchev–Trinajstić information content (AvgIpc) is 2.75. The van der Waals surface area contributed by atoms with Crippen molar-refractivity contribution in [2.24, 2.45) is 5.92 Å². The topological polar surface area (TPSA) is 22.2 Å². The summed E-state index contributed by atoms with van der Waals surface area (Å²) in [7, 11) is 0. The molecular weight excluding hydrogens is 198 g/mol. The van der Waals surface area contributed by atoms with Crippen molar-refractivity contribution < 1.29 is 0 Å². The van der Waals surface area contributed by atoms with Crippen LogP contribution in [0.5, 0.6) is 0 Å². The van der Waals surface area contributed by atoms with Gasteiger partial charge < -0.3 is 4.57 Å². The van der Waals surface area contributed by atoms with E-state index in [1.165, 1.54) is 24.2 Å². The van der Waals surface area contributed by atoms with Crippen molar-refractivity contribution in [2.45, 2.75) is 45.6 Å². The molecule has 1 aliphatic rings. The van der Waals surface area contributed by atoms with Crippen LogP contribution >= 0.6 is 0 Å². The first kappa shape index (κ1) is 9.94. The highest BCUT2D eigenvalue weighted by molar-refractivity contribution is 5.42. The van der Waals surface area contributed by atoms with Gasteiger partial charge in [-0.05, 0) is 18.8 Å². The summed E-state index contributed by atoms with van der Waals surface area (Å²) in [5.74, 6) is 0.907. The SMILES string of the molecule is CC(C)(C)c1cc2n(CC3CC3)ccn2n1. The molecule has 0 atom stereocenters. The van der Waals surface area contributed by atoms with Gasteiger partial charge in [0, 0.05) is 30.4 Å². The number of rotatable bonds is 2. The second-order valence-electron chi connectivity index (χ2n) is 5.98. The number of imidazole rings is 1. The molecule has 3 heteroatoms. The molecule has 3 rings (SSSR count). The minimum atomic E-state index is 0.135. The summed E-state index contributed by atoms with van der Waals surface area (Å²) in [5, 5.41) is 4.63. The summed E-state index contributed by atoms with van der Waals surface area (Å²) < 4.78 is 4.34. The Hall–Kier alpha value is -1.25. The van der Waals surface area contributed by atoms with Crippen molar-refractivity contribution in [1.82, 2.24) is 14.2 Å². The molecule has 1 saturated carbocycles. The lowest BCUT2D eigenvalue weighted by molar-refractivity contribution is 0.563. The predicted molar refractivity (Wildman–Crippen MR) is 64.6 cm³/mol. The molecule has 0 aliphatic heterocycles. The van der Waals surface area contributed by atoms with E-state index in [1.54, 1.807) is 0 Å². The zero-order valence-electron chi connectivity index (χ0n) is 10.3. The first-order valence-corrected chi connectivity index (χ1v) is 6.09. The summed E-state index contributed by atoms with van der Waals surface area (Å²) in [6.45, 7) is 7.78. The van der Waals surface area contributed by atoms with Crippen molar-refractivity contribution in [3.63, 3.8) is 0 Å². The van der Waals surface area contributed by atoms with Crippen LogP contribution in [-0.2, 0) is 12.0 Å². The Kier molecular flexibility index (Phi) is 1.94. The number of nitrogens with zero attached hydrogens (tertiary/aromatic N) is 3. The van der Waals surface area contributed by atoms with Crippen molar-refractivity contribution in [1.29, 1.82) is 0 Å². The van der Waals surface area contributed by atoms with Gasteiger partial charge in [0.05, 0.1) is 5.69 Å². The normalized spacial score (nSPS) is 17.2. The Bertz CT molecular complexity index is 509. The third kappa shape index (κ3) is 1.64. The molecule has 2 aromatic rings. The Morgan fingerprint density at radius 2 is 2.06 bits per heavy atom. The van der Waals surface area contributed by atoms with Crippen LogP contribution < -0.4 is 0 Å². The summed E-state index contributed by atoms with van der Waals surface area (Å²) in [4.78, 5) is 0. The van der Waals surface area contributed by atoms with Crippen LogP contribution in [0.2, 0.25) is 0 Å². The van der Waals surface area contributed by atoms with Crippen LogP contribution in [0.3, 0.4) is 0 Å². The van der Waals surface area contributed by atoms with Gasteiger partial charge in [-0.15, -0.1) is 0 Å². The zero-order chi connectivity index (χ0) is 11.3. The Morgan fingerprint density at radius 3 is 2.69 bits per heavy atom. The van der Waals surface area contributed by atoms with Crippen LogP contribution in [0.1, 0.15) is 39.3 Å². The zero-order valence-corrected chi connectivity index (χ0v) is 10.3. The van der Waals surface area contributed by atoms with E-state index in [0.717, 1.165) is 12.5 Å². The Morgan fingerprint density at radius 1 is 1.31 bits per heavy atom. The summed E-state index contributed by atoms with van der Waals surface area (Å²) >= 11 is 0. The van der Waals surface area contributed by atoms with Gasteiger partial charge in [-0.1, -0.05) is 20.8 Å². The highest BCUT2D eigenvalue weighted by Crippen LogP contribution is 2.31. The second kappa shape index (κ2) is 3.12. The minimum absolute atomic E-state index is 0.135. The summed E-state index contributed by atoms with van der Waals surface area (Å²) in [5.41, 5.74) is 2.54. The molecule has 0 spiro atoms. The van der Waals surface area contributed by atoms with Gasteiger partial charge in [0.25, 0.3) is 0 Å². The molecule has 0 saturated heterocycles. The van der Waals surface area contributed by atoms with E-state index in [1.807, 2.05) is 4.52 Å². The fraction of sp³-hybridized carbons (Fsp3) is 0.615. The molecule has 86 valence electrons. The molecule has 1 fully saturated rings. The standard InChI is InChI=1S/C13H19N3/c1-13(2,3)11-8-12-15(9-10-4-5-10)6-7-16(12)14-11/h6-8,10H,4-5,9H2,1-3H3. The van der Waals surface area contributed by atoms with Gasteiger partial charge in [-0.25, -0.2) is 4.52 Å². The van der Waals surface area contributed by atoms with Crippen molar-refractivity contribution in [3.8, 4) is 0 Å². The maximum atomic E-state index is 4.63. The highest BCUT2D eigenvalue weighted by atomic mass is 15.3. The van der Waals surface area contributed by atoms with Gasteiger partial charge in [0.1, 0.15) is 5.65 Å². The smallest absolute Gasteiger partial charge is 0.136 e. The van der Waals surface area contributed by atoms with Gasteiger partial charge >= 0.3 is 0 Å². The van der Waals surface area contributed by atoms with E-state index in [-0.39, 0.29) is 5.41 Å². The average molecular weight is 217 g/mol. The lowest BCUT2D eigenvalue weighted by Gasteiger charge is -2.13. The fourth-order valence-electron chi connectivity index (χ4n) is 2.03. The number of hydrogen-bond donors (Lipinski definition) is 0. The minimum Gasteiger partial charge on any atom is -0.331 e. The third-order valence-corrected chi connectivity index (χ3v) is 3.32. The van der Waals surface area contributed by atoms with Crippen molar-refractivity contribution in [3.05, 3.63) is 24.2 Å². The van der Waals surface area contributed by atoms with Crippen LogP contribution in [0.4, 0.5) is 0 Å². The van der Waals surface area contributed by atoms with Crippen molar-refractivity contribution >= 4 is 5.65 Å². The number of aromatic nitrogens is 3. The quantitative estimate of drug-likeness (QED) is 0.758. The third-order valence-electron chi connectivity index (χ3n) is 3.32. The van der Waals surface area contributed by atoms with E-state index in [0.29, 0.717) is 0 Å². The largest absolute Gasteiger partial charge is 0.331 e. The van der Waals surface area contributed by atoms with Crippen LogP contribution in [0.25, 0.3) is 5.65 Å². The van der Waals surface area contributed by atoms with Gasteiger partial charge in [-0.3, -0.25) is 0 Å². The van der Waals surface area contributed by atoms with Gasteiger partial charge in [-0.2, -0.15) is 5.10 Å². The molecule has 0 radical (unpaired) electrons. The van der Waals surface area contributed by atoms with Gasteiger partial charge in [0.15, 0.2) is 0 Å². The Balaban J connectivity index is 2.00. The molecule has 2 heterocycles. The molecule has 0 aromatic carbocycles. The number of fused-ring (bicyclic) bond motifs is 1. The second-order valence-corrected chi connectivity index (χ2v) is 5.98. The fourth-order valence-corrected chi connectivity index (χ4v) is 2.03. The Labute approximate surface area is 96.1 Å². The molecule has 3 nitrogen and oxygen atoms in total. The van der Waals surface area contributed by atoms with E-state index in [2.05, 4.69) is 48.9 Å². The molecule has 16 heavy (non-hydrogen) atoms. The maximum Gasteiger partial charge on any atom is 0.136 e. The van der Waals surface area contributed by atoms with E-state index >= 15 is 0 Å². The first-order valence-electron chi connectivity index (χ1n) is 6.09. The molecule has 0 N–H and O–H groups in total. The van der Waals surface area contributed by atoms with Crippen LogP contribution in [0, 0.1) is 5.92 Å². The van der Waals surface area contributed by atoms with Crippen molar-refractivity contribution in [2.75, 3.05) is 0 Å². The molecular formula is C13H19N3. The van der Waals surface area contributed by atoms with Crippen LogP contribution in [0.15, 0.2) is 18.5 Å². The first-order chi connectivity index (χ1) is 7.54. The van der Waals surface area contributed by atoms with Crippen LogP contribution in [-0.4, -0.2) is 14.2 Å². The molecule has 0 unspecified atom stereocenters. The molecule has 2 aromatic heterocycles. The van der Waals surface area contributed by atoms with E-state index in [9.17, 15) is 0 Å². The highest BCUT2D eigenvalue weighted by Gasteiger charge is 2.23. The summed E-state index contributed by atoms with van der Waals surface area (Å²) in [6, 6.07) is 2.22. The maximum absolute atomic E-state index is 4.63. The summed E-state index contributed by atoms with van der Waals surface area (Å²) in [6.07, 6.45) is 7.00. The molecule has 0 bridgehead atoms. The molecule has 0 amide bonds. The predicted octanol–water partition coefficient (Wildman–Crippen LogP) is 2.84. The lowest BCUT2D eigenvalue weighted by atomic mass is 9.93.